The smallest absolute Gasteiger partial charge is 0.242 e. The fourth-order valence-corrected chi connectivity index (χ4v) is 3.57. The second-order valence-corrected chi connectivity index (χ2v) is 7.13. The van der Waals surface area contributed by atoms with Crippen molar-refractivity contribution in [2.45, 2.75) is 25.7 Å². The third-order valence-corrected chi connectivity index (χ3v) is 5.37. The van der Waals surface area contributed by atoms with Crippen molar-refractivity contribution in [3.8, 4) is 0 Å². The summed E-state index contributed by atoms with van der Waals surface area (Å²) in [4.78, 5) is 52.4. The number of hydrogen-bond acceptors (Lipinski definition) is 4. The molecule has 2 aliphatic heterocycles. The minimum absolute atomic E-state index is 0.0342. The predicted octanol–water partition coefficient (Wildman–Crippen LogP) is 1.09. The van der Waals surface area contributed by atoms with Gasteiger partial charge < -0.3 is 9.80 Å². The summed E-state index contributed by atoms with van der Waals surface area (Å²) < 4.78 is 0. The second kappa shape index (κ2) is 8.52. The average molecular weight is 392 g/mol. The molecular formula is C19H22ClN3O4. The van der Waals surface area contributed by atoms with E-state index in [9.17, 15) is 19.2 Å². The fourth-order valence-electron chi connectivity index (χ4n) is 3.34. The highest BCUT2D eigenvalue weighted by Gasteiger charge is 2.32. The summed E-state index contributed by atoms with van der Waals surface area (Å²) in [5, 5.41) is 0.659. The van der Waals surface area contributed by atoms with Crippen molar-refractivity contribution < 1.29 is 19.2 Å². The third kappa shape index (κ3) is 4.66. The maximum atomic E-state index is 12.4. The van der Waals surface area contributed by atoms with Gasteiger partial charge in [0.25, 0.3) is 0 Å². The number of rotatable bonds is 5. The molecule has 7 nitrogen and oxygen atoms in total. The van der Waals surface area contributed by atoms with Crippen LogP contribution in [0.3, 0.4) is 0 Å². The molecule has 27 heavy (non-hydrogen) atoms. The maximum Gasteiger partial charge on any atom is 0.242 e. The lowest BCUT2D eigenvalue weighted by molar-refractivity contribution is -0.147. The fraction of sp³-hybridized carbons (Fsp3) is 0.474. The number of halogens is 1. The van der Waals surface area contributed by atoms with Crippen molar-refractivity contribution in [1.29, 1.82) is 0 Å². The van der Waals surface area contributed by atoms with Gasteiger partial charge in [0.15, 0.2) is 0 Å². The van der Waals surface area contributed by atoms with Crippen LogP contribution < -0.4 is 0 Å². The average Bonchev–Trinajstić information content (AvgIpc) is 2.99. The van der Waals surface area contributed by atoms with Gasteiger partial charge in [-0.2, -0.15) is 0 Å². The molecule has 0 aliphatic carbocycles. The summed E-state index contributed by atoms with van der Waals surface area (Å²) in [5.41, 5.74) is 0.946. The Balaban J connectivity index is 1.44. The lowest BCUT2D eigenvalue weighted by atomic mass is 10.1. The molecular weight excluding hydrogens is 370 g/mol. The van der Waals surface area contributed by atoms with Gasteiger partial charge in [-0.3, -0.25) is 24.1 Å². The highest BCUT2D eigenvalue weighted by atomic mass is 35.5. The molecule has 0 atom stereocenters. The van der Waals surface area contributed by atoms with E-state index in [0.717, 1.165) is 10.5 Å². The Morgan fingerprint density at radius 1 is 0.889 bits per heavy atom. The van der Waals surface area contributed by atoms with E-state index in [1.807, 2.05) is 24.3 Å². The highest BCUT2D eigenvalue weighted by molar-refractivity contribution is 6.31. The molecule has 0 N–H and O–H groups in total. The zero-order chi connectivity index (χ0) is 19.4. The minimum atomic E-state index is -0.290. The molecule has 144 valence electrons. The summed E-state index contributed by atoms with van der Waals surface area (Å²) in [6.45, 7) is 1.53. The lowest BCUT2D eigenvalue weighted by Gasteiger charge is -2.35. The van der Waals surface area contributed by atoms with Crippen LogP contribution in [0.25, 0.3) is 0 Å². The van der Waals surface area contributed by atoms with E-state index in [1.165, 1.54) is 0 Å². The van der Waals surface area contributed by atoms with E-state index in [1.54, 1.807) is 9.80 Å². The molecule has 0 spiro atoms. The van der Waals surface area contributed by atoms with Crippen LogP contribution in [0, 0.1) is 0 Å². The van der Waals surface area contributed by atoms with E-state index < -0.39 is 0 Å². The largest absolute Gasteiger partial charge is 0.339 e. The number of amides is 4. The number of carbonyl (C=O) groups is 4. The number of imide groups is 1. The highest BCUT2D eigenvalue weighted by Crippen LogP contribution is 2.17. The molecule has 0 bridgehead atoms. The first-order valence-corrected chi connectivity index (χ1v) is 9.45. The van der Waals surface area contributed by atoms with Crippen molar-refractivity contribution in [2.75, 3.05) is 32.7 Å². The molecule has 0 unspecified atom stereocenters. The number of piperazine rings is 1. The van der Waals surface area contributed by atoms with Crippen LogP contribution in [0.4, 0.5) is 0 Å². The standard InChI is InChI=1S/C19H22ClN3O4/c20-15-4-2-1-3-14(15)5-6-16(24)21-9-11-22(12-10-21)19(27)13-23-17(25)7-8-18(23)26/h1-4H,5-13H2. The van der Waals surface area contributed by atoms with Gasteiger partial charge in [-0.25, -0.2) is 0 Å². The van der Waals surface area contributed by atoms with Crippen LogP contribution in [0.2, 0.25) is 5.02 Å². The molecule has 4 amide bonds. The second-order valence-electron chi connectivity index (χ2n) is 6.73. The van der Waals surface area contributed by atoms with Gasteiger partial charge in [0.05, 0.1) is 0 Å². The summed E-state index contributed by atoms with van der Waals surface area (Å²) >= 11 is 6.12. The van der Waals surface area contributed by atoms with Crippen molar-refractivity contribution in [1.82, 2.24) is 14.7 Å². The van der Waals surface area contributed by atoms with E-state index in [2.05, 4.69) is 0 Å². The van der Waals surface area contributed by atoms with Crippen LogP contribution in [-0.4, -0.2) is 71.1 Å². The van der Waals surface area contributed by atoms with Crippen LogP contribution in [0.1, 0.15) is 24.8 Å². The molecule has 0 aromatic heterocycles. The van der Waals surface area contributed by atoms with Gasteiger partial charge in [-0.05, 0) is 18.1 Å². The molecule has 0 radical (unpaired) electrons. The molecule has 1 aromatic carbocycles. The van der Waals surface area contributed by atoms with Crippen molar-refractivity contribution >= 4 is 35.2 Å². The third-order valence-electron chi connectivity index (χ3n) is 5.00. The number of aryl methyl sites for hydroxylation is 1. The molecule has 2 heterocycles. The first kappa shape index (κ1) is 19.4. The van der Waals surface area contributed by atoms with Crippen LogP contribution in [0.15, 0.2) is 24.3 Å². The zero-order valence-electron chi connectivity index (χ0n) is 15.0. The normalized spacial score (nSPS) is 17.6. The SMILES string of the molecule is O=C(CCc1ccccc1Cl)N1CCN(C(=O)CN2C(=O)CCC2=O)CC1. The Labute approximate surface area is 162 Å². The van der Waals surface area contributed by atoms with E-state index in [-0.39, 0.29) is 43.0 Å². The molecule has 0 saturated carbocycles. The van der Waals surface area contributed by atoms with Gasteiger partial charge in [-0.1, -0.05) is 29.8 Å². The van der Waals surface area contributed by atoms with Crippen LogP contribution in [-0.2, 0) is 25.6 Å². The molecule has 2 fully saturated rings. The Kier molecular flexibility index (Phi) is 6.11. The number of benzene rings is 1. The van der Waals surface area contributed by atoms with Crippen LogP contribution >= 0.6 is 11.6 Å². The topological polar surface area (TPSA) is 78.0 Å². The molecule has 2 saturated heterocycles. The summed E-state index contributed by atoms with van der Waals surface area (Å²) in [6.07, 6.45) is 1.31. The Hall–Kier alpha value is -2.41. The Morgan fingerprint density at radius 3 is 2.04 bits per heavy atom. The Bertz CT molecular complexity index is 743. The van der Waals surface area contributed by atoms with Gasteiger partial charge in [0.1, 0.15) is 6.54 Å². The first-order valence-electron chi connectivity index (χ1n) is 9.08. The van der Waals surface area contributed by atoms with E-state index in [0.29, 0.717) is 44.0 Å². The molecule has 2 aliphatic rings. The quantitative estimate of drug-likeness (QED) is 0.704. The van der Waals surface area contributed by atoms with Crippen molar-refractivity contribution in [2.24, 2.45) is 0 Å². The predicted molar refractivity (Wildman–Crippen MR) is 98.9 cm³/mol. The number of hydrogen-bond donors (Lipinski definition) is 0. The summed E-state index contributed by atoms with van der Waals surface area (Å²) in [6, 6.07) is 7.47. The van der Waals surface area contributed by atoms with E-state index in [4.69, 9.17) is 11.6 Å². The summed E-state index contributed by atoms with van der Waals surface area (Å²) in [5.74, 6) is -0.794. The maximum absolute atomic E-state index is 12.4. The monoisotopic (exact) mass is 391 g/mol. The van der Waals surface area contributed by atoms with Crippen LogP contribution in [0.5, 0.6) is 0 Å². The lowest BCUT2D eigenvalue weighted by Crippen LogP contribution is -2.53. The van der Waals surface area contributed by atoms with Gasteiger partial charge in [0.2, 0.25) is 23.6 Å². The zero-order valence-corrected chi connectivity index (χ0v) is 15.8. The number of carbonyl (C=O) groups excluding carboxylic acids is 4. The minimum Gasteiger partial charge on any atom is -0.339 e. The van der Waals surface area contributed by atoms with Crippen molar-refractivity contribution in [3.63, 3.8) is 0 Å². The molecule has 1 aromatic rings. The van der Waals surface area contributed by atoms with E-state index >= 15 is 0 Å². The van der Waals surface area contributed by atoms with Gasteiger partial charge >= 0.3 is 0 Å². The molecule has 3 rings (SSSR count). The van der Waals surface area contributed by atoms with Gasteiger partial charge in [-0.15, -0.1) is 0 Å². The van der Waals surface area contributed by atoms with Gasteiger partial charge in [0, 0.05) is 50.5 Å². The number of likely N-dealkylation sites (tertiary alicyclic amines) is 1. The number of nitrogens with zero attached hydrogens (tertiary/aromatic N) is 3. The summed E-state index contributed by atoms with van der Waals surface area (Å²) in [7, 11) is 0. The molecule has 8 heteroatoms. The van der Waals surface area contributed by atoms with Crippen molar-refractivity contribution in [3.05, 3.63) is 34.9 Å². The first-order chi connectivity index (χ1) is 13.0. The Morgan fingerprint density at radius 2 is 1.44 bits per heavy atom.